The van der Waals surface area contributed by atoms with E-state index in [1.165, 1.54) is 0 Å². The second-order valence-electron chi connectivity index (χ2n) is 3.38. The Morgan fingerprint density at radius 1 is 1.46 bits per heavy atom. The first-order valence-electron chi connectivity index (χ1n) is 4.37. The standard InChI is InChI=1S/C10H11ClFN/c11-9-3-1-2-7(4-9)10(12)8-5-13-6-8/h1-4,8,10,13H,5-6H2. The average Bonchev–Trinajstić information content (AvgIpc) is 2.01. The molecule has 0 spiro atoms. The molecule has 0 bridgehead atoms. The number of rotatable bonds is 2. The van der Waals surface area contributed by atoms with Gasteiger partial charge in [0.2, 0.25) is 0 Å². The van der Waals surface area contributed by atoms with Gasteiger partial charge in [-0.25, -0.2) is 4.39 Å². The van der Waals surface area contributed by atoms with Crippen molar-refractivity contribution < 1.29 is 4.39 Å². The molecule has 1 fully saturated rings. The van der Waals surface area contributed by atoms with Crippen LogP contribution >= 0.6 is 11.6 Å². The monoisotopic (exact) mass is 199 g/mol. The van der Waals surface area contributed by atoms with Crippen LogP contribution in [0.3, 0.4) is 0 Å². The topological polar surface area (TPSA) is 12.0 Å². The molecule has 13 heavy (non-hydrogen) atoms. The van der Waals surface area contributed by atoms with Gasteiger partial charge in [-0.05, 0) is 17.7 Å². The fourth-order valence-corrected chi connectivity index (χ4v) is 1.67. The van der Waals surface area contributed by atoms with Gasteiger partial charge in [-0.3, -0.25) is 0 Å². The summed E-state index contributed by atoms with van der Waals surface area (Å²) in [4.78, 5) is 0. The molecule has 1 N–H and O–H groups in total. The van der Waals surface area contributed by atoms with Gasteiger partial charge in [0.25, 0.3) is 0 Å². The van der Waals surface area contributed by atoms with Crippen LogP contribution in [-0.2, 0) is 0 Å². The van der Waals surface area contributed by atoms with Crippen molar-refractivity contribution in [3.8, 4) is 0 Å². The highest BCUT2D eigenvalue weighted by atomic mass is 35.5. The van der Waals surface area contributed by atoms with Crippen LogP contribution in [0.15, 0.2) is 24.3 Å². The van der Waals surface area contributed by atoms with Gasteiger partial charge < -0.3 is 5.32 Å². The van der Waals surface area contributed by atoms with Crippen LogP contribution in [0.2, 0.25) is 5.02 Å². The Morgan fingerprint density at radius 2 is 2.23 bits per heavy atom. The highest BCUT2D eigenvalue weighted by Gasteiger charge is 2.27. The number of hydrogen-bond acceptors (Lipinski definition) is 1. The molecule has 0 saturated carbocycles. The minimum atomic E-state index is -0.875. The normalized spacial score (nSPS) is 19.5. The van der Waals surface area contributed by atoms with E-state index in [0.717, 1.165) is 13.1 Å². The summed E-state index contributed by atoms with van der Waals surface area (Å²) in [6.45, 7) is 1.54. The molecule has 1 unspecified atom stereocenters. The van der Waals surface area contributed by atoms with Crippen molar-refractivity contribution in [2.24, 2.45) is 5.92 Å². The first kappa shape index (κ1) is 8.97. The van der Waals surface area contributed by atoms with E-state index < -0.39 is 6.17 Å². The van der Waals surface area contributed by atoms with Gasteiger partial charge in [-0.1, -0.05) is 23.7 Å². The van der Waals surface area contributed by atoms with E-state index in [1.54, 1.807) is 24.3 Å². The van der Waals surface area contributed by atoms with E-state index in [4.69, 9.17) is 11.6 Å². The Hall–Kier alpha value is -0.600. The van der Waals surface area contributed by atoms with Crippen LogP contribution in [0, 0.1) is 5.92 Å². The van der Waals surface area contributed by atoms with Crippen LogP contribution in [0.5, 0.6) is 0 Å². The summed E-state index contributed by atoms with van der Waals surface area (Å²) >= 11 is 5.77. The minimum absolute atomic E-state index is 0.124. The van der Waals surface area contributed by atoms with E-state index in [9.17, 15) is 4.39 Å². The van der Waals surface area contributed by atoms with Gasteiger partial charge >= 0.3 is 0 Å². The summed E-state index contributed by atoms with van der Waals surface area (Å²) < 4.78 is 13.7. The zero-order valence-electron chi connectivity index (χ0n) is 7.13. The molecule has 1 saturated heterocycles. The lowest BCUT2D eigenvalue weighted by Gasteiger charge is -2.30. The summed E-state index contributed by atoms with van der Waals surface area (Å²) in [5.41, 5.74) is 0.694. The molecule has 1 aliphatic rings. The van der Waals surface area contributed by atoms with Gasteiger partial charge in [0.05, 0.1) is 0 Å². The Kier molecular flexibility index (Phi) is 2.51. The molecule has 3 heteroatoms. The second kappa shape index (κ2) is 3.64. The molecule has 1 heterocycles. The molecule has 70 valence electrons. The van der Waals surface area contributed by atoms with Crippen molar-refractivity contribution in [3.05, 3.63) is 34.9 Å². The lowest BCUT2D eigenvalue weighted by atomic mass is 9.92. The molecule has 1 aromatic rings. The van der Waals surface area contributed by atoms with E-state index >= 15 is 0 Å². The summed E-state index contributed by atoms with van der Waals surface area (Å²) in [5, 5.41) is 3.66. The zero-order valence-corrected chi connectivity index (χ0v) is 7.89. The van der Waals surface area contributed by atoms with Crippen molar-refractivity contribution in [2.45, 2.75) is 6.17 Å². The molecule has 0 amide bonds. The lowest BCUT2D eigenvalue weighted by Crippen LogP contribution is -2.44. The van der Waals surface area contributed by atoms with E-state index in [1.807, 2.05) is 0 Å². The quantitative estimate of drug-likeness (QED) is 0.772. The molecule has 0 aliphatic carbocycles. The summed E-state index contributed by atoms with van der Waals surface area (Å²) in [5.74, 6) is 0.124. The molecule has 2 rings (SSSR count). The molecule has 1 nitrogen and oxygen atoms in total. The van der Waals surface area contributed by atoms with Crippen molar-refractivity contribution in [2.75, 3.05) is 13.1 Å². The fraction of sp³-hybridized carbons (Fsp3) is 0.400. The summed E-state index contributed by atoms with van der Waals surface area (Å²) in [6.07, 6.45) is -0.875. The van der Waals surface area contributed by atoms with Crippen LogP contribution in [0.1, 0.15) is 11.7 Å². The number of alkyl halides is 1. The van der Waals surface area contributed by atoms with Crippen LogP contribution in [0.4, 0.5) is 4.39 Å². The van der Waals surface area contributed by atoms with Gasteiger partial charge in [0, 0.05) is 24.0 Å². The maximum Gasteiger partial charge on any atom is 0.130 e. The number of benzene rings is 1. The highest BCUT2D eigenvalue weighted by molar-refractivity contribution is 6.30. The largest absolute Gasteiger partial charge is 0.316 e. The Balaban J connectivity index is 2.14. The maximum absolute atomic E-state index is 13.7. The van der Waals surface area contributed by atoms with Crippen LogP contribution in [0.25, 0.3) is 0 Å². The highest BCUT2D eigenvalue weighted by Crippen LogP contribution is 2.29. The molecule has 1 aromatic carbocycles. The third-order valence-electron chi connectivity index (χ3n) is 2.39. The van der Waals surface area contributed by atoms with E-state index in [-0.39, 0.29) is 5.92 Å². The summed E-state index contributed by atoms with van der Waals surface area (Å²) in [6, 6.07) is 7.03. The Morgan fingerprint density at radius 3 is 2.77 bits per heavy atom. The number of halogens is 2. The van der Waals surface area contributed by atoms with Crippen molar-refractivity contribution in [1.82, 2.24) is 5.32 Å². The second-order valence-corrected chi connectivity index (χ2v) is 3.81. The zero-order chi connectivity index (χ0) is 9.26. The summed E-state index contributed by atoms with van der Waals surface area (Å²) in [7, 11) is 0. The van der Waals surface area contributed by atoms with E-state index in [2.05, 4.69) is 5.32 Å². The first-order chi connectivity index (χ1) is 6.27. The predicted octanol–water partition coefficient (Wildman–Crippen LogP) is 2.57. The van der Waals surface area contributed by atoms with E-state index in [0.29, 0.717) is 10.6 Å². The third-order valence-corrected chi connectivity index (χ3v) is 2.63. The smallest absolute Gasteiger partial charge is 0.130 e. The van der Waals surface area contributed by atoms with Gasteiger partial charge in [-0.15, -0.1) is 0 Å². The Labute approximate surface area is 81.9 Å². The first-order valence-corrected chi connectivity index (χ1v) is 4.75. The van der Waals surface area contributed by atoms with Crippen molar-refractivity contribution in [3.63, 3.8) is 0 Å². The molecular weight excluding hydrogens is 189 g/mol. The molecule has 0 radical (unpaired) electrons. The van der Waals surface area contributed by atoms with Crippen LogP contribution < -0.4 is 5.32 Å². The Bertz CT molecular complexity index is 299. The SMILES string of the molecule is FC(c1cccc(Cl)c1)C1CNC1. The molecule has 1 atom stereocenters. The molecule has 0 aromatic heterocycles. The van der Waals surface area contributed by atoms with Gasteiger partial charge in [0.1, 0.15) is 6.17 Å². The van der Waals surface area contributed by atoms with Crippen molar-refractivity contribution in [1.29, 1.82) is 0 Å². The average molecular weight is 200 g/mol. The van der Waals surface area contributed by atoms with Crippen LogP contribution in [-0.4, -0.2) is 13.1 Å². The number of hydrogen-bond donors (Lipinski definition) is 1. The van der Waals surface area contributed by atoms with Gasteiger partial charge in [0.15, 0.2) is 0 Å². The maximum atomic E-state index is 13.7. The minimum Gasteiger partial charge on any atom is -0.316 e. The van der Waals surface area contributed by atoms with Crippen molar-refractivity contribution >= 4 is 11.6 Å². The van der Waals surface area contributed by atoms with Gasteiger partial charge in [-0.2, -0.15) is 0 Å². The number of nitrogens with one attached hydrogen (secondary N) is 1. The molecular formula is C10H11ClFN. The predicted molar refractivity (Wildman–Crippen MR) is 51.7 cm³/mol. The fourth-order valence-electron chi connectivity index (χ4n) is 1.47. The molecule has 1 aliphatic heterocycles. The third kappa shape index (κ3) is 1.84. The lowest BCUT2D eigenvalue weighted by molar-refractivity contribution is 0.171.